The van der Waals surface area contributed by atoms with Gasteiger partial charge in [0.2, 0.25) is 0 Å². The van der Waals surface area contributed by atoms with E-state index >= 15 is 0 Å². The van der Waals surface area contributed by atoms with E-state index in [0.717, 1.165) is 18.4 Å². The second-order valence-corrected chi connectivity index (χ2v) is 7.06. The smallest absolute Gasteiger partial charge is 0.410 e. The number of piperidine rings is 1. The molecule has 1 aliphatic heterocycles. The van der Waals surface area contributed by atoms with E-state index in [-0.39, 0.29) is 17.9 Å². The number of anilines is 1. The molecule has 0 bridgehead atoms. The fourth-order valence-corrected chi connectivity index (χ4v) is 2.88. The third kappa shape index (κ3) is 3.84. The Bertz CT molecular complexity index is 551. The zero-order valence-electron chi connectivity index (χ0n) is 13.8. The van der Waals surface area contributed by atoms with Gasteiger partial charge in [-0.25, -0.2) is 4.79 Å². The summed E-state index contributed by atoms with van der Waals surface area (Å²) in [5.41, 5.74) is 6.63. The number of carbonyl (C=O) groups excluding carboxylic acids is 1. The first-order valence-electron chi connectivity index (χ1n) is 7.75. The van der Waals surface area contributed by atoms with Gasteiger partial charge < -0.3 is 20.5 Å². The van der Waals surface area contributed by atoms with Crippen LogP contribution in [0.4, 0.5) is 10.5 Å². The molecule has 5 heteroatoms. The van der Waals surface area contributed by atoms with E-state index in [4.69, 9.17) is 10.5 Å². The number of hydrogen-bond donors (Lipinski definition) is 2. The van der Waals surface area contributed by atoms with E-state index < -0.39 is 5.60 Å². The van der Waals surface area contributed by atoms with Crippen molar-refractivity contribution in [3.8, 4) is 5.75 Å². The number of nitrogen functional groups attached to an aromatic ring is 1. The second-order valence-electron chi connectivity index (χ2n) is 7.06. The van der Waals surface area contributed by atoms with Crippen LogP contribution in [-0.4, -0.2) is 34.3 Å². The molecule has 122 valence electrons. The minimum atomic E-state index is -0.476. The zero-order valence-corrected chi connectivity index (χ0v) is 13.8. The number of nitrogens with zero attached hydrogens (tertiary/aromatic N) is 1. The van der Waals surface area contributed by atoms with E-state index in [0.29, 0.717) is 18.2 Å². The highest BCUT2D eigenvalue weighted by Gasteiger charge is 2.32. The number of carbonyl (C=O) groups is 1. The van der Waals surface area contributed by atoms with Crippen molar-refractivity contribution >= 4 is 11.8 Å². The van der Waals surface area contributed by atoms with Gasteiger partial charge in [0.05, 0.1) is 5.69 Å². The molecule has 22 heavy (non-hydrogen) atoms. The molecule has 1 aromatic carbocycles. The fourth-order valence-electron chi connectivity index (χ4n) is 2.88. The van der Waals surface area contributed by atoms with Crippen LogP contribution in [0.1, 0.15) is 52.0 Å². The van der Waals surface area contributed by atoms with Gasteiger partial charge in [0.25, 0.3) is 0 Å². The van der Waals surface area contributed by atoms with Gasteiger partial charge in [-0.05, 0) is 64.2 Å². The molecule has 2 rings (SSSR count). The van der Waals surface area contributed by atoms with E-state index in [2.05, 4.69) is 0 Å². The molecule has 1 unspecified atom stereocenters. The molecular weight excluding hydrogens is 280 g/mol. The maximum absolute atomic E-state index is 12.2. The Morgan fingerprint density at radius 2 is 2.09 bits per heavy atom. The minimum Gasteiger partial charge on any atom is -0.506 e. The summed E-state index contributed by atoms with van der Waals surface area (Å²) in [6.45, 7) is 8.32. The van der Waals surface area contributed by atoms with Gasteiger partial charge in [-0.2, -0.15) is 0 Å². The molecule has 1 aromatic rings. The molecule has 0 radical (unpaired) electrons. The highest BCUT2D eigenvalue weighted by molar-refractivity contribution is 5.68. The molecule has 1 amide bonds. The van der Waals surface area contributed by atoms with Gasteiger partial charge >= 0.3 is 6.09 Å². The monoisotopic (exact) mass is 306 g/mol. The SMILES string of the molecule is C[C@@H]1CC(c2ccc(N)c(O)c2)CCN1C(=O)OC(C)(C)C. The van der Waals surface area contributed by atoms with Gasteiger partial charge in [-0.1, -0.05) is 6.07 Å². The number of aromatic hydroxyl groups is 1. The Morgan fingerprint density at radius 3 is 2.64 bits per heavy atom. The number of amides is 1. The van der Waals surface area contributed by atoms with Gasteiger partial charge in [-0.15, -0.1) is 0 Å². The largest absolute Gasteiger partial charge is 0.506 e. The van der Waals surface area contributed by atoms with E-state index in [9.17, 15) is 9.90 Å². The summed E-state index contributed by atoms with van der Waals surface area (Å²) in [5.74, 6) is 0.444. The van der Waals surface area contributed by atoms with Crippen LogP contribution in [-0.2, 0) is 4.74 Å². The number of ether oxygens (including phenoxy) is 1. The van der Waals surface area contributed by atoms with Crippen molar-refractivity contribution in [1.82, 2.24) is 4.90 Å². The second kappa shape index (κ2) is 6.07. The third-order valence-corrected chi connectivity index (χ3v) is 4.03. The summed E-state index contributed by atoms with van der Waals surface area (Å²) >= 11 is 0. The summed E-state index contributed by atoms with van der Waals surface area (Å²) < 4.78 is 5.45. The van der Waals surface area contributed by atoms with Gasteiger partial charge in [0.15, 0.2) is 0 Å². The number of likely N-dealkylation sites (tertiary alicyclic amines) is 1. The Morgan fingerprint density at radius 1 is 1.41 bits per heavy atom. The van der Waals surface area contributed by atoms with Crippen LogP contribution in [0.15, 0.2) is 18.2 Å². The standard InChI is InChI=1S/C17H26N2O3/c1-11-9-13(12-5-6-14(18)15(20)10-12)7-8-19(11)16(21)22-17(2,3)4/h5-6,10-11,13,20H,7-9,18H2,1-4H3/t11-,13?/m1/s1. The van der Waals surface area contributed by atoms with E-state index in [1.807, 2.05) is 33.8 Å². The number of rotatable bonds is 1. The lowest BCUT2D eigenvalue weighted by Gasteiger charge is -2.38. The molecule has 1 saturated heterocycles. The molecule has 0 saturated carbocycles. The first-order valence-corrected chi connectivity index (χ1v) is 7.75. The summed E-state index contributed by atoms with van der Waals surface area (Å²) in [6.07, 6.45) is 1.45. The number of benzene rings is 1. The lowest BCUT2D eigenvalue weighted by Crippen LogP contribution is -2.46. The first-order chi connectivity index (χ1) is 10.2. The molecule has 0 aromatic heterocycles. The minimum absolute atomic E-state index is 0.105. The average molecular weight is 306 g/mol. The lowest BCUT2D eigenvalue weighted by molar-refractivity contribution is 0.0103. The summed E-state index contributed by atoms with van der Waals surface area (Å²) in [4.78, 5) is 14.0. The molecule has 0 aliphatic carbocycles. The average Bonchev–Trinajstić information content (AvgIpc) is 2.39. The molecule has 1 heterocycles. The van der Waals surface area contributed by atoms with Crippen LogP contribution >= 0.6 is 0 Å². The Labute approximate surface area is 132 Å². The van der Waals surface area contributed by atoms with Crippen molar-refractivity contribution in [3.05, 3.63) is 23.8 Å². The van der Waals surface area contributed by atoms with Crippen molar-refractivity contribution in [2.24, 2.45) is 0 Å². The Hall–Kier alpha value is -1.91. The number of phenolic OH excluding ortho intramolecular Hbond substituents is 1. The van der Waals surface area contributed by atoms with Crippen molar-refractivity contribution in [2.75, 3.05) is 12.3 Å². The maximum Gasteiger partial charge on any atom is 0.410 e. The lowest BCUT2D eigenvalue weighted by atomic mass is 9.86. The van der Waals surface area contributed by atoms with E-state index in [1.165, 1.54) is 0 Å². The number of hydrogen-bond acceptors (Lipinski definition) is 4. The van der Waals surface area contributed by atoms with Crippen molar-refractivity contribution < 1.29 is 14.6 Å². The molecule has 0 spiro atoms. The molecule has 1 aliphatic rings. The number of nitrogens with two attached hydrogens (primary N) is 1. The van der Waals surface area contributed by atoms with Crippen LogP contribution in [0.2, 0.25) is 0 Å². The van der Waals surface area contributed by atoms with Crippen LogP contribution < -0.4 is 5.73 Å². The Balaban J connectivity index is 2.03. The number of phenols is 1. The Kier molecular flexibility index (Phi) is 4.54. The summed E-state index contributed by atoms with van der Waals surface area (Å²) in [7, 11) is 0. The predicted molar refractivity (Wildman–Crippen MR) is 86.9 cm³/mol. The van der Waals surface area contributed by atoms with Crippen molar-refractivity contribution in [2.45, 2.75) is 58.1 Å². The van der Waals surface area contributed by atoms with E-state index in [1.54, 1.807) is 17.0 Å². The van der Waals surface area contributed by atoms with Crippen LogP contribution in [0.3, 0.4) is 0 Å². The predicted octanol–water partition coefficient (Wildman–Crippen LogP) is 3.48. The highest BCUT2D eigenvalue weighted by Crippen LogP contribution is 2.35. The summed E-state index contributed by atoms with van der Waals surface area (Å²) in [6, 6.07) is 5.52. The highest BCUT2D eigenvalue weighted by atomic mass is 16.6. The van der Waals surface area contributed by atoms with Crippen LogP contribution in [0.5, 0.6) is 5.75 Å². The topological polar surface area (TPSA) is 75.8 Å². The van der Waals surface area contributed by atoms with Crippen LogP contribution in [0, 0.1) is 0 Å². The van der Waals surface area contributed by atoms with Crippen LogP contribution in [0.25, 0.3) is 0 Å². The molecule has 5 nitrogen and oxygen atoms in total. The zero-order chi connectivity index (χ0) is 16.5. The quantitative estimate of drug-likeness (QED) is 0.615. The van der Waals surface area contributed by atoms with Crippen molar-refractivity contribution in [3.63, 3.8) is 0 Å². The molecular formula is C17H26N2O3. The third-order valence-electron chi connectivity index (χ3n) is 4.03. The molecule has 1 fully saturated rings. The first kappa shape index (κ1) is 16.5. The summed E-state index contributed by atoms with van der Waals surface area (Å²) in [5, 5.41) is 9.75. The fraction of sp³-hybridized carbons (Fsp3) is 0.588. The van der Waals surface area contributed by atoms with Gasteiger partial charge in [-0.3, -0.25) is 0 Å². The maximum atomic E-state index is 12.2. The molecule has 2 atom stereocenters. The van der Waals surface area contributed by atoms with Crippen molar-refractivity contribution in [1.29, 1.82) is 0 Å². The normalized spacial score (nSPS) is 22.5. The molecule has 3 N–H and O–H groups in total. The van der Waals surface area contributed by atoms with Gasteiger partial charge in [0.1, 0.15) is 11.4 Å². The van der Waals surface area contributed by atoms with Gasteiger partial charge in [0, 0.05) is 12.6 Å².